The molecule has 1 N–H and O–H groups in total. The molecule has 0 fully saturated rings. The van der Waals surface area contributed by atoms with Crippen molar-refractivity contribution < 1.29 is 4.79 Å². The minimum Gasteiger partial charge on any atom is -0.352 e. The van der Waals surface area contributed by atoms with E-state index in [1.807, 2.05) is 60.7 Å². The van der Waals surface area contributed by atoms with Crippen LogP contribution < -0.4 is 5.32 Å². The monoisotopic (exact) mass is 336 g/mol. The topological polar surface area (TPSA) is 42.0 Å². The van der Waals surface area contributed by atoms with Gasteiger partial charge in [0.15, 0.2) is 0 Å². The third-order valence-corrected chi connectivity index (χ3v) is 4.15. The first-order valence-corrected chi connectivity index (χ1v) is 8.14. The van der Waals surface area contributed by atoms with Crippen molar-refractivity contribution in [1.29, 1.82) is 0 Å². The summed E-state index contributed by atoms with van der Waals surface area (Å²) in [7, 11) is 0. The van der Waals surface area contributed by atoms with Gasteiger partial charge in [0.1, 0.15) is 0 Å². The number of carbonyl (C=O) groups is 1. The molecule has 0 atom stereocenters. The number of nitrogens with one attached hydrogen (secondary N) is 1. The van der Waals surface area contributed by atoms with E-state index >= 15 is 0 Å². The van der Waals surface area contributed by atoms with Crippen LogP contribution in [0.1, 0.15) is 15.9 Å². The number of pyridine rings is 1. The summed E-state index contributed by atoms with van der Waals surface area (Å²) in [6.07, 6.45) is 4.25. The van der Waals surface area contributed by atoms with Gasteiger partial charge in [-0.15, -0.1) is 0 Å². The molecule has 0 spiro atoms. The Balaban J connectivity index is 1.58. The van der Waals surface area contributed by atoms with Crippen LogP contribution in [0.25, 0.3) is 11.1 Å². The van der Waals surface area contributed by atoms with Gasteiger partial charge in [-0.3, -0.25) is 9.78 Å². The summed E-state index contributed by atoms with van der Waals surface area (Å²) in [6.45, 7) is 0.549. The average molecular weight is 337 g/mol. The summed E-state index contributed by atoms with van der Waals surface area (Å²) in [5.41, 5.74) is 3.74. The maximum absolute atomic E-state index is 12.2. The molecule has 24 heavy (non-hydrogen) atoms. The van der Waals surface area contributed by atoms with Crippen LogP contribution in [0, 0.1) is 0 Å². The van der Waals surface area contributed by atoms with Gasteiger partial charge in [-0.05, 0) is 47.4 Å². The first-order chi connectivity index (χ1) is 11.7. The number of carbonyl (C=O) groups excluding carboxylic acids is 1. The van der Waals surface area contributed by atoms with Crippen molar-refractivity contribution in [2.75, 3.05) is 6.54 Å². The summed E-state index contributed by atoms with van der Waals surface area (Å²) >= 11 is 6.11. The summed E-state index contributed by atoms with van der Waals surface area (Å²) in [5, 5.41) is 3.65. The van der Waals surface area contributed by atoms with Crippen LogP contribution in [0.2, 0.25) is 5.02 Å². The van der Waals surface area contributed by atoms with Gasteiger partial charge in [-0.25, -0.2) is 0 Å². The molecule has 3 aromatic rings. The second-order valence-corrected chi connectivity index (χ2v) is 5.82. The summed E-state index contributed by atoms with van der Waals surface area (Å²) < 4.78 is 0. The second kappa shape index (κ2) is 7.75. The average Bonchev–Trinajstić information content (AvgIpc) is 2.64. The largest absolute Gasteiger partial charge is 0.352 e. The van der Waals surface area contributed by atoms with Crippen molar-refractivity contribution in [3.8, 4) is 11.1 Å². The summed E-state index contributed by atoms with van der Waals surface area (Å²) in [5.74, 6) is -0.0835. The van der Waals surface area contributed by atoms with Crippen molar-refractivity contribution in [2.24, 2.45) is 0 Å². The van der Waals surface area contributed by atoms with Crippen LogP contribution >= 0.6 is 11.6 Å². The van der Waals surface area contributed by atoms with E-state index in [4.69, 9.17) is 11.6 Å². The Morgan fingerprint density at radius 3 is 2.46 bits per heavy atom. The van der Waals surface area contributed by atoms with E-state index in [-0.39, 0.29) is 5.91 Å². The van der Waals surface area contributed by atoms with Gasteiger partial charge in [0, 0.05) is 29.5 Å². The number of amides is 1. The molecule has 0 radical (unpaired) electrons. The van der Waals surface area contributed by atoms with Crippen molar-refractivity contribution in [1.82, 2.24) is 10.3 Å². The van der Waals surface area contributed by atoms with Gasteiger partial charge in [0.05, 0.1) is 0 Å². The molecule has 2 aromatic carbocycles. The number of aromatic nitrogens is 1. The molecule has 4 heteroatoms. The molecule has 3 rings (SSSR count). The number of nitrogens with zero attached hydrogens (tertiary/aromatic N) is 1. The Labute approximate surface area is 146 Å². The molecule has 0 aliphatic carbocycles. The zero-order valence-corrected chi connectivity index (χ0v) is 13.8. The first-order valence-electron chi connectivity index (χ1n) is 7.76. The van der Waals surface area contributed by atoms with E-state index in [9.17, 15) is 4.79 Å². The fraction of sp³-hybridized carbons (Fsp3) is 0.100. The molecule has 0 aliphatic heterocycles. The van der Waals surface area contributed by atoms with Gasteiger partial charge >= 0.3 is 0 Å². The lowest BCUT2D eigenvalue weighted by Crippen LogP contribution is -2.25. The van der Waals surface area contributed by atoms with Crippen LogP contribution in [0.3, 0.4) is 0 Å². The minimum absolute atomic E-state index is 0.0835. The summed E-state index contributed by atoms with van der Waals surface area (Å²) in [4.78, 5) is 16.3. The van der Waals surface area contributed by atoms with Crippen LogP contribution in [0.4, 0.5) is 0 Å². The molecule has 120 valence electrons. The van der Waals surface area contributed by atoms with E-state index in [1.54, 1.807) is 12.4 Å². The standard InChI is InChI=1S/C20H17ClN2O/c21-19-6-2-1-4-16(19)11-13-23-20(24)17-9-7-15(8-10-17)18-5-3-12-22-14-18/h1-10,12,14H,11,13H2,(H,23,24). The van der Waals surface area contributed by atoms with Crippen molar-refractivity contribution >= 4 is 17.5 Å². The van der Waals surface area contributed by atoms with E-state index in [0.717, 1.165) is 21.7 Å². The molecule has 1 aromatic heterocycles. The van der Waals surface area contributed by atoms with E-state index in [1.165, 1.54) is 0 Å². The fourth-order valence-corrected chi connectivity index (χ4v) is 2.69. The van der Waals surface area contributed by atoms with Crippen LogP contribution in [0.15, 0.2) is 73.1 Å². The Bertz CT molecular complexity index is 817. The molecule has 0 unspecified atom stereocenters. The molecule has 1 amide bonds. The zero-order valence-electron chi connectivity index (χ0n) is 13.1. The quantitative estimate of drug-likeness (QED) is 0.751. The maximum atomic E-state index is 12.2. The maximum Gasteiger partial charge on any atom is 0.251 e. The predicted octanol–water partition coefficient (Wildman–Crippen LogP) is 4.37. The van der Waals surface area contributed by atoms with Crippen molar-refractivity contribution in [2.45, 2.75) is 6.42 Å². The Morgan fingerprint density at radius 2 is 1.75 bits per heavy atom. The third-order valence-electron chi connectivity index (χ3n) is 3.78. The number of hydrogen-bond acceptors (Lipinski definition) is 2. The highest BCUT2D eigenvalue weighted by Gasteiger charge is 2.06. The number of halogens is 1. The highest BCUT2D eigenvalue weighted by molar-refractivity contribution is 6.31. The number of hydrogen-bond donors (Lipinski definition) is 1. The molecular formula is C20H17ClN2O. The van der Waals surface area contributed by atoms with Gasteiger partial charge < -0.3 is 5.32 Å². The Morgan fingerprint density at radius 1 is 0.958 bits per heavy atom. The predicted molar refractivity (Wildman–Crippen MR) is 97.2 cm³/mol. The SMILES string of the molecule is O=C(NCCc1ccccc1Cl)c1ccc(-c2cccnc2)cc1. The Kier molecular flexibility index (Phi) is 5.24. The number of benzene rings is 2. The molecule has 0 saturated carbocycles. The normalized spacial score (nSPS) is 10.4. The van der Waals surface area contributed by atoms with Gasteiger partial charge in [-0.2, -0.15) is 0 Å². The molecule has 3 nitrogen and oxygen atoms in total. The van der Waals surface area contributed by atoms with Crippen LogP contribution in [-0.4, -0.2) is 17.4 Å². The smallest absolute Gasteiger partial charge is 0.251 e. The van der Waals surface area contributed by atoms with E-state index in [2.05, 4.69) is 10.3 Å². The van der Waals surface area contributed by atoms with Gasteiger partial charge in [0.2, 0.25) is 0 Å². The highest BCUT2D eigenvalue weighted by Crippen LogP contribution is 2.18. The third kappa shape index (κ3) is 4.00. The van der Waals surface area contributed by atoms with Crippen LogP contribution in [0.5, 0.6) is 0 Å². The van der Waals surface area contributed by atoms with Crippen molar-refractivity contribution in [3.05, 3.63) is 89.2 Å². The van der Waals surface area contributed by atoms with Crippen molar-refractivity contribution in [3.63, 3.8) is 0 Å². The molecule has 0 aliphatic rings. The van der Waals surface area contributed by atoms with Crippen LogP contribution in [-0.2, 0) is 6.42 Å². The summed E-state index contributed by atoms with van der Waals surface area (Å²) in [6, 6.07) is 19.1. The van der Waals surface area contributed by atoms with E-state index < -0.39 is 0 Å². The second-order valence-electron chi connectivity index (χ2n) is 5.42. The zero-order chi connectivity index (χ0) is 16.8. The van der Waals surface area contributed by atoms with Gasteiger partial charge in [-0.1, -0.05) is 48.0 Å². The lowest BCUT2D eigenvalue weighted by atomic mass is 10.1. The molecule has 0 bridgehead atoms. The number of rotatable bonds is 5. The molecular weight excluding hydrogens is 320 g/mol. The van der Waals surface area contributed by atoms with E-state index in [0.29, 0.717) is 18.5 Å². The minimum atomic E-state index is -0.0835. The molecule has 0 saturated heterocycles. The molecule has 1 heterocycles. The lowest BCUT2D eigenvalue weighted by molar-refractivity contribution is 0.0954. The Hall–Kier alpha value is -2.65. The highest BCUT2D eigenvalue weighted by atomic mass is 35.5. The first kappa shape index (κ1) is 16.2. The lowest BCUT2D eigenvalue weighted by Gasteiger charge is -2.07. The fourth-order valence-electron chi connectivity index (χ4n) is 2.46. The van der Waals surface area contributed by atoms with Gasteiger partial charge in [0.25, 0.3) is 5.91 Å².